The van der Waals surface area contributed by atoms with Crippen LogP contribution >= 0.6 is 0 Å². The molecule has 0 saturated heterocycles. The van der Waals surface area contributed by atoms with E-state index in [1.54, 1.807) is 0 Å². The Kier molecular flexibility index (Phi) is 45.7. The number of quaternary nitrogens is 1. The van der Waals surface area contributed by atoms with Crippen molar-refractivity contribution in [3.8, 4) is 0 Å². The van der Waals surface area contributed by atoms with Crippen molar-refractivity contribution >= 4 is 17.9 Å². The van der Waals surface area contributed by atoms with Crippen LogP contribution in [0.5, 0.6) is 0 Å². The Labute approximate surface area is 396 Å². The van der Waals surface area contributed by atoms with E-state index in [0.29, 0.717) is 19.3 Å². The summed E-state index contributed by atoms with van der Waals surface area (Å²) in [5, 5.41) is 9.67. The standard InChI is InChI=1S/C56H105NO7/c1-6-8-10-12-14-16-18-20-22-24-26-28-30-32-34-36-38-40-42-44-46-54(58)63-51-52(50-62-49-48-53(56(60)61)57(3,4)5)64-55(59)47-45-43-41-39-37-35-33-31-29-27-25-23-21-19-17-15-13-11-9-7-2/h17,19,21,23,52-53H,6-16,18,20,22,24-51H2,1-5H3/p+1/b19-17+,23-21+. The zero-order valence-electron chi connectivity index (χ0n) is 43.0. The molecule has 0 aromatic carbocycles. The molecule has 0 saturated carbocycles. The number of nitrogens with zero attached hydrogens (tertiary/aromatic N) is 1. The molecular formula is C56H106NO7+. The lowest BCUT2D eigenvalue weighted by atomic mass is 10.0. The molecule has 2 unspecified atom stereocenters. The van der Waals surface area contributed by atoms with E-state index in [1.165, 1.54) is 193 Å². The van der Waals surface area contributed by atoms with Crippen LogP contribution in [0, 0.1) is 0 Å². The first kappa shape index (κ1) is 61.8. The minimum Gasteiger partial charge on any atom is -0.477 e. The highest BCUT2D eigenvalue weighted by Crippen LogP contribution is 2.17. The van der Waals surface area contributed by atoms with Crippen molar-refractivity contribution in [2.75, 3.05) is 41.0 Å². The Morgan fingerprint density at radius 1 is 0.469 bits per heavy atom. The predicted octanol–water partition coefficient (Wildman–Crippen LogP) is 16.0. The van der Waals surface area contributed by atoms with Crippen LogP contribution in [0.3, 0.4) is 0 Å². The van der Waals surface area contributed by atoms with Crippen LogP contribution in [0.1, 0.15) is 264 Å². The predicted molar refractivity (Wildman–Crippen MR) is 271 cm³/mol. The Bertz CT molecular complexity index is 1100. The molecule has 0 aromatic heterocycles. The Balaban J connectivity index is 4.18. The fourth-order valence-corrected chi connectivity index (χ4v) is 8.38. The number of hydrogen-bond donors (Lipinski definition) is 1. The summed E-state index contributed by atoms with van der Waals surface area (Å²) in [5.41, 5.74) is 0. The molecule has 2 atom stereocenters. The molecule has 0 aromatic rings. The van der Waals surface area contributed by atoms with Crippen molar-refractivity contribution in [3.05, 3.63) is 24.3 Å². The highest BCUT2D eigenvalue weighted by atomic mass is 16.6. The zero-order chi connectivity index (χ0) is 47.0. The van der Waals surface area contributed by atoms with Crippen LogP contribution in [0.4, 0.5) is 0 Å². The molecule has 8 heteroatoms. The Morgan fingerprint density at radius 3 is 1.19 bits per heavy atom. The minimum atomic E-state index is -0.871. The number of carboxylic acids is 1. The third-order valence-corrected chi connectivity index (χ3v) is 12.6. The molecule has 0 aliphatic heterocycles. The van der Waals surface area contributed by atoms with E-state index in [1.807, 2.05) is 21.1 Å². The number of unbranched alkanes of at least 4 members (excludes halogenated alkanes) is 33. The lowest BCUT2D eigenvalue weighted by Crippen LogP contribution is -2.50. The molecule has 376 valence electrons. The number of carboxylic acid groups (broad SMARTS) is 1. The highest BCUT2D eigenvalue weighted by Gasteiger charge is 2.31. The normalized spacial score (nSPS) is 13.0. The van der Waals surface area contributed by atoms with Gasteiger partial charge in [0.2, 0.25) is 0 Å². The molecule has 0 amide bonds. The summed E-state index contributed by atoms with van der Waals surface area (Å²) < 4.78 is 17.4. The van der Waals surface area contributed by atoms with Gasteiger partial charge in [-0.15, -0.1) is 0 Å². The van der Waals surface area contributed by atoms with Gasteiger partial charge < -0.3 is 23.8 Å². The van der Waals surface area contributed by atoms with Gasteiger partial charge in [0.1, 0.15) is 6.61 Å². The largest absolute Gasteiger partial charge is 0.477 e. The SMILES string of the molecule is CCCCCC/C=C/C=C/CCCCCCCCCCCCC(=O)OC(COCCC(C(=O)O)[N+](C)(C)C)COC(=O)CCCCCCCCCCCCCCCCCCCCCC. The third kappa shape index (κ3) is 45.0. The number of ether oxygens (including phenoxy) is 3. The van der Waals surface area contributed by atoms with E-state index in [0.717, 1.165) is 38.5 Å². The minimum absolute atomic E-state index is 0.0469. The number of allylic oxidation sites excluding steroid dienone is 4. The number of aliphatic carboxylic acids is 1. The molecule has 0 bridgehead atoms. The van der Waals surface area contributed by atoms with E-state index in [2.05, 4.69) is 38.2 Å². The van der Waals surface area contributed by atoms with Crippen LogP contribution in [0.2, 0.25) is 0 Å². The number of esters is 2. The molecule has 1 N–H and O–H groups in total. The summed E-state index contributed by atoms with van der Waals surface area (Å²) >= 11 is 0. The summed E-state index contributed by atoms with van der Waals surface area (Å²) in [6.45, 7) is 4.77. The van der Waals surface area contributed by atoms with E-state index in [9.17, 15) is 19.5 Å². The second-order valence-electron chi connectivity index (χ2n) is 19.9. The molecule has 0 rings (SSSR count). The molecule has 0 fully saturated rings. The van der Waals surface area contributed by atoms with Crippen LogP contribution in [-0.2, 0) is 28.6 Å². The van der Waals surface area contributed by atoms with Gasteiger partial charge in [0.25, 0.3) is 0 Å². The van der Waals surface area contributed by atoms with Gasteiger partial charge in [-0.3, -0.25) is 9.59 Å². The van der Waals surface area contributed by atoms with Gasteiger partial charge in [-0.2, -0.15) is 0 Å². The van der Waals surface area contributed by atoms with Crippen LogP contribution in [-0.4, -0.2) is 80.6 Å². The van der Waals surface area contributed by atoms with Gasteiger partial charge in [-0.25, -0.2) is 4.79 Å². The van der Waals surface area contributed by atoms with Crippen molar-refractivity contribution in [1.29, 1.82) is 0 Å². The summed E-state index contributed by atoms with van der Waals surface area (Å²) in [4.78, 5) is 37.2. The lowest BCUT2D eigenvalue weighted by Gasteiger charge is -2.31. The second-order valence-corrected chi connectivity index (χ2v) is 19.9. The van der Waals surface area contributed by atoms with Gasteiger partial charge in [0.15, 0.2) is 12.1 Å². The van der Waals surface area contributed by atoms with Crippen LogP contribution < -0.4 is 0 Å². The number of carbonyl (C=O) groups is 3. The number of hydrogen-bond acceptors (Lipinski definition) is 6. The number of rotatable bonds is 50. The van der Waals surface area contributed by atoms with Crippen molar-refractivity contribution in [2.45, 2.75) is 276 Å². The molecule has 0 spiro atoms. The highest BCUT2D eigenvalue weighted by molar-refractivity contribution is 5.72. The average Bonchev–Trinajstić information content (AvgIpc) is 3.26. The van der Waals surface area contributed by atoms with Crippen molar-refractivity contribution < 1.29 is 38.2 Å². The van der Waals surface area contributed by atoms with Crippen molar-refractivity contribution in [3.63, 3.8) is 0 Å². The summed E-state index contributed by atoms with van der Waals surface area (Å²) in [7, 11) is 5.55. The topological polar surface area (TPSA) is 99.1 Å². The van der Waals surface area contributed by atoms with E-state index >= 15 is 0 Å². The molecule has 0 radical (unpaired) electrons. The number of likely N-dealkylation sites (N-methyl/N-ethyl adjacent to an activating group) is 1. The second kappa shape index (κ2) is 47.3. The summed E-state index contributed by atoms with van der Waals surface area (Å²) in [5.74, 6) is -1.45. The van der Waals surface area contributed by atoms with E-state index in [-0.39, 0.29) is 36.2 Å². The zero-order valence-corrected chi connectivity index (χ0v) is 43.0. The van der Waals surface area contributed by atoms with Crippen LogP contribution in [0.25, 0.3) is 0 Å². The summed E-state index contributed by atoms with van der Waals surface area (Å²) in [6.07, 6.45) is 55.1. The first-order valence-electron chi connectivity index (χ1n) is 27.4. The summed E-state index contributed by atoms with van der Waals surface area (Å²) in [6, 6.07) is -0.613. The molecule has 8 nitrogen and oxygen atoms in total. The maximum absolute atomic E-state index is 12.8. The molecule has 0 aliphatic carbocycles. The van der Waals surface area contributed by atoms with Crippen LogP contribution in [0.15, 0.2) is 24.3 Å². The molecule has 0 aliphatic rings. The fraction of sp³-hybridized carbons (Fsp3) is 0.875. The smallest absolute Gasteiger partial charge is 0.362 e. The van der Waals surface area contributed by atoms with E-state index in [4.69, 9.17) is 14.2 Å². The maximum atomic E-state index is 12.8. The third-order valence-electron chi connectivity index (χ3n) is 12.6. The maximum Gasteiger partial charge on any atom is 0.362 e. The van der Waals surface area contributed by atoms with Gasteiger partial charge >= 0.3 is 17.9 Å². The Morgan fingerprint density at radius 2 is 0.812 bits per heavy atom. The van der Waals surface area contributed by atoms with Crippen molar-refractivity contribution in [2.24, 2.45) is 0 Å². The lowest BCUT2D eigenvalue weighted by molar-refractivity contribution is -0.887. The fourth-order valence-electron chi connectivity index (χ4n) is 8.38. The molecule has 0 heterocycles. The first-order chi connectivity index (χ1) is 31.1. The van der Waals surface area contributed by atoms with Crippen molar-refractivity contribution in [1.82, 2.24) is 0 Å². The number of carbonyl (C=O) groups excluding carboxylic acids is 2. The van der Waals surface area contributed by atoms with Gasteiger partial charge in [0.05, 0.1) is 34.4 Å². The molecular weight excluding hydrogens is 799 g/mol. The van der Waals surface area contributed by atoms with Gasteiger partial charge in [0, 0.05) is 19.3 Å². The first-order valence-corrected chi connectivity index (χ1v) is 27.4. The van der Waals surface area contributed by atoms with Gasteiger partial charge in [-0.05, 0) is 38.5 Å². The van der Waals surface area contributed by atoms with E-state index < -0.39 is 18.1 Å². The van der Waals surface area contributed by atoms with Gasteiger partial charge in [-0.1, -0.05) is 231 Å². The quantitative estimate of drug-likeness (QED) is 0.0281. The Hall–Kier alpha value is -2.19. The average molecular weight is 905 g/mol. The monoisotopic (exact) mass is 905 g/mol. The molecule has 64 heavy (non-hydrogen) atoms.